The molecule has 0 aliphatic rings. The monoisotopic (exact) mass is 824 g/mol. The van der Waals surface area contributed by atoms with E-state index in [1.54, 1.807) is 0 Å². The molecule has 0 bridgehead atoms. The molecule has 3 N–H and O–H groups in total. The maximum absolute atomic E-state index is 13.1. The smallest absolute Gasteiger partial charge is 0.306 e. The molecule has 0 aromatic rings. The topological polar surface area (TPSA) is 95.9 Å². The molecule has 1 amide bonds. The van der Waals surface area contributed by atoms with Crippen molar-refractivity contribution in [3.8, 4) is 0 Å². The number of carbonyl (C=O) groups excluding carboxylic acids is 2. The standard InChI is InChI=1S/C53H93NO5/c1-4-7-10-13-16-19-22-23-24-25-26-27-28-29-31-34-37-40-43-46-53(58)59-49(44-41-38-35-32-21-18-15-12-9-6-3)47-52(57)54-50(48-55)51(56)45-42-39-36-33-30-20-17-14-11-8-5-2/h7,10,16,19,23-24,26-27,29,31,37,40,49-51,55-56H,4-6,8-9,11-15,17-18,20-22,25,28,30,32-36,38-39,41-48H2,1-3H3,(H,54,57)/b10-7-,19-16-,24-23-,27-26-,31-29-,40-37-. The van der Waals surface area contributed by atoms with Crippen LogP contribution in [0.3, 0.4) is 0 Å². The van der Waals surface area contributed by atoms with Crippen LogP contribution in [0.25, 0.3) is 0 Å². The van der Waals surface area contributed by atoms with Crippen molar-refractivity contribution in [1.29, 1.82) is 0 Å². The lowest BCUT2D eigenvalue weighted by Gasteiger charge is -2.24. The summed E-state index contributed by atoms with van der Waals surface area (Å²) in [7, 11) is 0. The Hall–Kier alpha value is -2.70. The summed E-state index contributed by atoms with van der Waals surface area (Å²) in [5.41, 5.74) is 0. The van der Waals surface area contributed by atoms with Gasteiger partial charge in [-0.1, -0.05) is 222 Å². The Morgan fingerprint density at radius 3 is 1.29 bits per heavy atom. The van der Waals surface area contributed by atoms with Crippen molar-refractivity contribution in [3.05, 3.63) is 72.9 Å². The molecule has 6 heteroatoms. The van der Waals surface area contributed by atoms with Gasteiger partial charge in [0.1, 0.15) is 6.10 Å². The van der Waals surface area contributed by atoms with Crippen LogP contribution < -0.4 is 5.32 Å². The molecule has 0 fully saturated rings. The first-order valence-electron chi connectivity index (χ1n) is 24.7. The highest BCUT2D eigenvalue weighted by Crippen LogP contribution is 2.17. The van der Waals surface area contributed by atoms with Crippen LogP contribution in [0.1, 0.15) is 226 Å². The van der Waals surface area contributed by atoms with Crippen molar-refractivity contribution in [3.63, 3.8) is 0 Å². The van der Waals surface area contributed by atoms with E-state index in [4.69, 9.17) is 4.74 Å². The summed E-state index contributed by atoms with van der Waals surface area (Å²) in [6, 6.07) is -0.715. The lowest BCUT2D eigenvalue weighted by Crippen LogP contribution is -2.46. The lowest BCUT2D eigenvalue weighted by atomic mass is 10.0. The normalized spacial score (nSPS) is 13.9. The largest absolute Gasteiger partial charge is 0.462 e. The number of ether oxygens (including phenoxy) is 1. The molecule has 0 heterocycles. The third kappa shape index (κ3) is 41.8. The third-order valence-corrected chi connectivity index (χ3v) is 10.8. The van der Waals surface area contributed by atoms with Gasteiger partial charge in [0, 0.05) is 6.42 Å². The number of aliphatic hydroxyl groups is 2. The molecule has 3 unspecified atom stereocenters. The number of nitrogens with one attached hydrogen (secondary N) is 1. The van der Waals surface area contributed by atoms with Crippen molar-refractivity contribution >= 4 is 11.9 Å². The molecular weight excluding hydrogens is 731 g/mol. The first-order valence-corrected chi connectivity index (χ1v) is 24.7. The fraction of sp³-hybridized carbons (Fsp3) is 0.736. The highest BCUT2D eigenvalue weighted by Gasteiger charge is 2.24. The van der Waals surface area contributed by atoms with Crippen LogP contribution in [0.15, 0.2) is 72.9 Å². The van der Waals surface area contributed by atoms with Gasteiger partial charge >= 0.3 is 5.97 Å². The molecule has 0 saturated carbocycles. The van der Waals surface area contributed by atoms with E-state index in [-0.39, 0.29) is 31.3 Å². The van der Waals surface area contributed by atoms with Gasteiger partial charge in [-0.25, -0.2) is 0 Å². The first-order chi connectivity index (χ1) is 29.0. The Morgan fingerprint density at radius 2 is 0.881 bits per heavy atom. The molecule has 59 heavy (non-hydrogen) atoms. The minimum absolute atomic E-state index is 0.0464. The zero-order valence-corrected chi connectivity index (χ0v) is 38.6. The summed E-state index contributed by atoms with van der Waals surface area (Å²) in [5, 5.41) is 23.7. The second-order valence-corrected chi connectivity index (χ2v) is 16.5. The summed E-state index contributed by atoms with van der Waals surface area (Å²) >= 11 is 0. The van der Waals surface area contributed by atoms with Crippen molar-refractivity contribution in [2.24, 2.45) is 0 Å². The molecule has 0 aliphatic carbocycles. The molecule has 0 radical (unpaired) electrons. The number of hydrogen-bond donors (Lipinski definition) is 3. The van der Waals surface area contributed by atoms with Gasteiger partial charge in [0.25, 0.3) is 0 Å². The fourth-order valence-electron chi connectivity index (χ4n) is 7.10. The third-order valence-electron chi connectivity index (χ3n) is 10.8. The quantitative estimate of drug-likeness (QED) is 0.0323. The van der Waals surface area contributed by atoms with Crippen molar-refractivity contribution in [1.82, 2.24) is 5.32 Å². The van der Waals surface area contributed by atoms with Gasteiger partial charge in [0.05, 0.1) is 25.2 Å². The lowest BCUT2D eigenvalue weighted by molar-refractivity contribution is -0.150. The molecule has 0 aromatic heterocycles. The zero-order valence-electron chi connectivity index (χ0n) is 38.6. The highest BCUT2D eigenvalue weighted by molar-refractivity contribution is 5.77. The molecular formula is C53H93NO5. The van der Waals surface area contributed by atoms with Crippen LogP contribution in [-0.4, -0.2) is 46.9 Å². The van der Waals surface area contributed by atoms with Gasteiger partial charge in [-0.2, -0.15) is 0 Å². The molecule has 3 atom stereocenters. The van der Waals surface area contributed by atoms with Crippen LogP contribution in [-0.2, 0) is 14.3 Å². The molecule has 0 rings (SSSR count). The maximum atomic E-state index is 13.1. The van der Waals surface area contributed by atoms with Crippen LogP contribution >= 0.6 is 0 Å². The van der Waals surface area contributed by atoms with Crippen LogP contribution in [0.2, 0.25) is 0 Å². The number of allylic oxidation sites excluding steroid dienone is 12. The van der Waals surface area contributed by atoms with Crippen molar-refractivity contribution < 1.29 is 24.5 Å². The first kappa shape index (κ1) is 56.3. The van der Waals surface area contributed by atoms with E-state index >= 15 is 0 Å². The van der Waals surface area contributed by atoms with Crippen LogP contribution in [0.4, 0.5) is 0 Å². The van der Waals surface area contributed by atoms with E-state index in [9.17, 15) is 19.8 Å². The van der Waals surface area contributed by atoms with E-state index < -0.39 is 18.2 Å². The Labute approximate surface area is 364 Å². The zero-order chi connectivity index (χ0) is 43.1. The minimum Gasteiger partial charge on any atom is -0.462 e. The Kier molecular flexibility index (Phi) is 44.2. The number of rotatable bonds is 43. The molecule has 340 valence electrons. The van der Waals surface area contributed by atoms with E-state index in [0.29, 0.717) is 19.3 Å². The number of esters is 1. The maximum Gasteiger partial charge on any atom is 0.306 e. The van der Waals surface area contributed by atoms with E-state index in [1.807, 2.05) is 6.08 Å². The van der Waals surface area contributed by atoms with Gasteiger partial charge < -0.3 is 20.3 Å². The SMILES string of the molecule is CC/C=C\C/C=C\C/C=C\C/C=C\C/C=C\C/C=C\CCC(=O)OC(CCCCCCCCCCCC)CC(=O)NC(CO)C(O)CCCCCCCCCCCCC. The van der Waals surface area contributed by atoms with E-state index in [0.717, 1.165) is 77.0 Å². The average molecular weight is 824 g/mol. The summed E-state index contributed by atoms with van der Waals surface area (Å²) in [6.45, 7) is 6.33. The van der Waals surface area contributed by atoms with Gasteiger partial charge in [0.2, 0.25) is 5.91 Å². The summed E-state index contributed by atoms with van der Waals surface area (Å²) in [4.78, 5) is 26.0. The Balaban J connectivity index is 4.64. The number of aliphatic hydroxyl groups excluding tert-OH is 2. The Bertz CT molecular complexity index is 1110. The number of unbranched alkanes of at least 4 members (excludes halogenated alkanes) is 19. The number of amides is 1. The predicted octanol–water partition coefficient (Wildman–Crippen LogP) is 14.6. The molecule has 6 nitrogen and oxygen atoms in total. The predicted molar refractivity (Wildman–Crippen MR) is 255 cm³/mol. The average Bonchev–Trinajstić information content (AvgIpc) is 3.23. The number of hydrogen-bond acceptors (Lipinski definition) is 5. The van der Waals surface area contributed by atoms with Gasteiger partial charge in [0.15, 0.2) is 0 Å². The summed E-state index contributed by atoms with van der Waals surface area (Å²) in [6.07, 6.45) is 58.3. The Morgan fingerprint density at radius 1 is 0.508 bits per heavy atom. The molecule has 0 aliphatic heterocycles. The molecule has 0 spiro atoms. The van der Waals surface area contributed by atoms with Crippen LogP contribution in [0, 0.1) is 0 Å². The fourth-order valence-corrected chi connectivity index (χ4v) is 7.10. The van der Waals surface area contributed by atoms with Gasteiger partial charge in [-0.15, -0.1) is 0 Å². The molecule has 0 saturated heterocycles. The van der Waals surface area contributed by atoms with E-state index in [1.165, 1.54) is 96.3 Å². The van der Waals surface area contributed by atoms with Crippen molar-refractivity contribution in [2.75, 3.05) is 6.61 Å². The second-order valence-electron chi connectivity index (χ2n) is 16.5. The second kappa shape index (κ2) is 46.4. The summed E-state index contributed by atoms with van der Waals surface area (Å²) < 4.78 is 5.87. The van der Waals surface area contributed by atoms with Gasteiger partial charge in [-0.3, -0.25) is 9.59 Å². The number of carbonyl (C=O) groups is 2. The van der Waals surface area contributed by atoms with Crippen molar-refractivity contribution in [2.45, 2.75) is 244 Å². The van der Waals surface area contributed by atoms with E-state index in [2.05, 4.69) is 92.9 Å². The highest BCUT2D eigenvalue weighted by atomic mass is 16.5. The van der Waals surface area contributed by atoms with Crippen LogP contribution in [0.5, 0.6) is 0 Å². The summed E-state index contributed by atoms with van der Waals surface area (Å²) in [5.74, 6) is -0.575. The van der Waals surface area contributed by atoms with Gasteiger partial charge in [-0.05, 0) is 64.2 Å². The molecule has 0 aromatic carbocycles. The minimum atomic E-state index is -0.799.